The molecule has 0 radical (unpaired) electrons. The largest absolute Gasteiger partial charge is 0.478 e. The van der Waals surface area contributed by atoms with E-state index >= 15 is 0 Å². The third kappa shape index (κ3) is 5.91. The number of esters is 2. The Bertz CT molecular complexity index is 1850. The van der Waals surface area contributed by atoms with Crippen LogP contribution in [-0.4, -0.2) is 46.8 Å². The van der Waals surface area contributed by atoms with Crippen molar-refractivity contribution in [1.82, 2.24) is 0 Å². The third-order valence-corrected chi connectivity index (χ3v) is 17.0. The zero-order valence-electron chi connectivity index (χ0n) is 33.3. The van der Waals surface area contributed by atoms with Crippen molar-refractivity contribution in [2.24, 2.45) is 56.2 Å². The minimum absolute atomic E-state index is 0.0243. The highest BCUT2D eigenvalue weighted by atomic mass is 16.5. The van der Waals surface area contributed by atoms with Gasteiger partial charge in [-0.25, -0.2) is 19.2 Å². The van der Waals surface area contributed by atoms with Crippen LogP contribution in [-0.2, 0) is 9.47 Å². The van der Waals surface area contributed by atoms with Crippen LogP contribution < -0.4 is 0 Å². The van der Waals surface area contributed by atoms with Crippen molar-refractivity contribution in [2.45, 2.75) is 125 Å². The lowest BCUT2D eigenvalue weighted by atomic mass is 9.31. The van der Waals surface area contributed by atoms with E-state index in [4.69, 9.17) is 9.47 Å². The quantitative estimate of drug-likeness (QED) is 0.269. The van der Waals surface area contributed by atoms with Crippen molar-refractivity contribution < 1.29 is 38.9 Å². The number of hydrogen-bond donors (Lipinski definition) is 2. The number of carbonyl (C=O) groups excluding carboxylic acids is 2. The molecule has 54 heavy (non-hydrogen) atoms. The van der Waals surface area contributed by atoms with E-state index in [9.17, 15) is 29.4 Å². The van der Waals surface area contributed by atoms with Crippen LogP contribution in [0.1, 0.15) is 161 Å². The van der Waals surface area contributed by atoms with Crippen LogP contribution in [0, 0.1) is 56.2 Å². The second kappa shape index (κ2) is 13.2. The predicted molar refractivity (Wildman–Crippen MR) is 205 cm³/mol. The second-order valence-electron chi connectivity index (χ2n) is 20.0. The molecule has 8 heteroatoms. The lowest BCUT2D eigenvalue weighted by Crippen LogP contribution is -2.67. The Balaban J connectivity index is 1.09. The molecule has 0 bridgehead atoms. The molecular weight excluding hydrogens is 680 g/mol. The van der Waals surface area contributed by atoms with Crippen LogP contribution in [0.15, 0.2) is 48.5 Å². The van der Waals surface area contributed by atoms with Gasteiger partial charge in [0.1, 0.15) is 6.10 Å². The van der Waals surface area contributed by atoms with E-state index < -0.39 is 23.9 Å². The summed E-state index contributed by atoms with van der Waals surface area (Å²) in [6.07, 6.45) is 11.6. The highest BCUT2D eigenvalue weighted by molar-refractivity contribution is 6.03. The monoisotopic (exact) mass is 740 g/mol. The van der Waals surface area contributed by atoms with Crippen LogP contribution in [0.25, 0.3) is 0 Å². The summed E-state index contributed by atoms with van der Waals surface area (Å²) in [5.74, 6) is -1.36. The molecule has 0 heterocycles. The van der Waals surface area contributed by atoms with Crippen LogP contribution in [0.2, 0.25) is 0 Å². The number of carboxylic acid groups (broad SMARTS) is 2. The summed E-state index contributed by atoms with van der Waals surface area (Å²) in [6.45, 7) is 17.4. The molecule has 10 atom stereocenters. The average Bonchev–Trinajstić information content (AvgIpc) is 3.13. The Morgan fingerprint density at radius 3 is 1.80 bits per heavy atom. The number of carbonyl (C=O) groups is 4. The Morgan fingerprint density at radius 2 is 1.19 bits per heavy atom. The van der Waals surface area contributed by atoms with E-state index in [0.717, 1.165) is 44.9 Å². The maximum Gasteiger partial charge on any atom is 0.339 e. The Labute approximate surface area is 320 Å². The van der Waals surface area contributed by atoms with E-state index in [2.05, 4.69) is 48.5 Å². The molecule has 0 amide bonds. The summed E-state index contributed by atoms with van der Waals surface area (Å²) in [6, 6.07) is 12.6. The van der Waals surface area contributed by atoms with Gasteiger partial charge < -0.3 is 19.7 Å². The molecule has 0 aliphatic heterocycles. The third-order valence-electron chi connectivity index (χ3n) is 17.0. The van der Waals surface area contributed by atoms with Crippen molar-refractivity contribution in [3.63, 3.8) is 0 Å². The Morgan fingerprint density at radius 1 is 0.611 bits per heavy atom. The molecule has 0 unspecified atom stereocenters. The van der Waals surface area contributed by atoms with Gasteiger partial charge in [0.15, 0.2) is 0 Å². The van der Waals surface area contributed by atoms with Gasteiger partial charge >= 0.3 is 23.9 Å². The molecule has 0 aromatic heterocycles. The van der Waals surface area contributed by atoms with E-state index in [1.807, 2.05) is 0 Å². The van der Waals surface area contributed by atoms with Gasteiger partial charge in [-0.3, -0.25) is 0 Å². The van der Waals surface area contributed by atoms with Gasteiger partial charge in [0.05, 0.1) is 28.9 Å². The van der Waals surface area contributed by atoms with Gasteiger partial charge in [0.2, 0.25) is 0 Å². The number of hydrogen-bond acceptors (Lipinski definition) is 6. The fourth-order valence-electron chi connectivity index (χ4n) is 13.7. The van der Waals surface area contributed by atoms with Crippen molar-refractivity contribution in [1.29, 1.82) is 0 Å². The van der Waals surface area contributed by atoms with Gasteiger partial charge in [-0.05, 0) is 140 Å². The molecule has 5 saturated carbocycles. The van der Waals surface area contributed by atoms with Gasteiger partial charge in [-0.1, -0.05) is 72.7 Å². The number of rotatable bonds is 7. The highest BCUT2D eigenvalue weighted by Crippen LogP contribution is 2.77. The smallest absolute Gasteiger partial charge is 0.339 e. The molecular formula is C46H60O8. The molecule has 5 fully saturated rings. The molecule has 8 nitrogen and oxygen atoms in total. The first kappa shape index (κ1) is 38.6. The van der Waals surface area contributed by atoms with Crippen LogP contribution in [0.4, 0.5) is 0 Å². The SMILES string of the molecule is CC1(C)[C@@H](OC(=O)c2ccccc2C(=O)O)CC[C@]2(C)[C@H]3CC[C@@H]4[C@@H]5C[C@@](C)(COC(=O)c6ccccc6C(=O)O)CC[C@]5(C)CC[C@@]4(C)[C@]3(C)CC[C@@H]12. The number of fused-ring (bicyclic) bond motifs is 7. The fraction of sp³-hybridized carbons (Fsp3) is 0.652. The van der Waals surface area contributed by atoms with Gasteiger partial charge in [0.25, 0.3) is 0 Å². The average molecular weight is 741 g/mol. The zero-order valence-corrected chi connectivity index (χ0v) is 33.3. The van der Waals surface area contributed by atoms with Crippen LogP contribution in [0.5, 0.6) is 0 Å². The van der Waals surface area contributed by atoms with Gasteiger partial charge in [-0.15, -0.1) is 0 Å². The first-order valence-corrected chi connectivity index (χ1v) is 20.3. The first-order chi connectivity index (χ1) is 25.3. The minimum Gasteiger partial charge on any atom is -0.478 e. The molecule has 2 aromatic rings. The van der Waals surface area contributed by atoms with Crippen molar-refractivity contribution >= 4 is 23.9 Å². The lowest BCUT2D eigenvalue weighted by molar-refractivity contribution is -0.253. The molecule has 5 aliphatic carbocycles. The van der Waals surface area contributed by atoms with Crippen molar-refractivity contribution in [3.05, 3.63) is 70.8 Å². The summed E-state index contributed by atoms with van der Waals surface area (Å²) in [4.78, 5) is 50.4. The molecule has 2 aromatic carbocycles. The van der Waals surface area contributed by atoms with Crippen molar-refractivity contribution in [3.8, 4) is 0 Å². The van der Waals surface area contributed by atoms with Gasteiger partial charge in [-0.2, -0.15) is 0 Å². The summed E-state index contributed by atoms with van der Waals surface area (Å²) in [5.41, 5.74) is 0.381. The minimum atomic E-state index is -1.13. The summed E-state index contributed by atoms with van der Waals surface area (Å²) < 4.78 is 12.2. The standard InChI is InChI=1S/C46H60O8/c1-41(2)34-18-21-46(7)35(44(34,5)20-19-36(41)54-40(52)31-15-11-9-13-29(31)38(49)50)17-16-32-33-26-42(3,22-23-43(33,4)24-25-45(32,46)6)27-53-39(51)30-14-10-8-12-28(30)37(47)48/h8-15,32-36H,16-27H2,1-7H3,(H,47,48)(H,49,50)/t32-,33+,34+,35-,36+,42+,43-,44+,45-,46-/m1/s1. The Kier molecular flexibility index (Phi) is 9.45. The van der Waals surface area contributed by atoms with Crippen LogP contribution >= 0.6 is 0 Å². The summed E-state index contributed by atoms with van der Waals surface area (Å²) in [7, 11) is 0. The lowest BCUT2D eigenvalue weighted by Gasteiger charge is -2.73. The van der Waals surface area contributed by atoms with E-state index in [1.165, 1.54) is 43.9 Å². The number of aromatic carboxylic acids is 2. The van der Waals surface area contributed by atoms with E-state index in [-0.39, 0.29) is 67.5 Å². The van der Waals surface area contributed by atoms with E-state index in [0.29, 0.717) is 23.7 Å². The molecule has 5 aliphatic rings. The number of ether oxygens (including phenoxy) is 2. The second-order valence-corrected chi connectivity index (χ2v) is 20.0. The summed E-state index contributed by atoms with van der Waals surface area (Å²) >= 11 is 0. The van der Waals surface area contributed by atoms with Crippen molar-refractivity contribution in [2.75, 3.05) is 6.61 Å². The topological polar surface area (TPSA) is 127 Å². The molecule has 7 rings (SSSR count). The number of carboxylic acids is 2. The van der Waals surface area contributed by atoms with E-state index in [1.54, 1.807) is 30.3 Å². The van der Waals surface area contributed by atoms with Gasteiger partial charge in [0, 0.05) is 10.8 Å². The summed E-state index contributed by atoms with van der Waals surface area (Å²) in [5, 5.41) is 19.4. The zero-order chi connectivity index (χ0) is 39.1. The fourth-order valence-corrected chi connectivity index (χ4v) is 13.7. The predicted octanol–water partition coefficient (Wildman–Crippen LogP) is 10.3. The first-order valence-electron chi connectivity index (χ1n) is 20.3. The molecule has 0 saturated heterocycles. The molecule has 292 valence electrons. The van der Waals surface area contributed by atoms with Crippen LogP contribution in [0.3, 0.4) is 0 Å². The maximum atomic E-state index is 13.5. The normalized spacial score (nSPS) is 39.4. The Hall–Kier alpha value is -3.68. The number of benzene rings is 2. The molecule has 0 spiro atoms. The highest BCUT2D eigenvalue weighted by Gasteiger charge is 2.70. The molecule has 2 N–H and O–H groups in total. The maximum absolute atomic E-state index is 13.5.